The summed E-state index contributed by atoms with van der Waals surface area (Å²) in [5.41, 5.74) is 2.78. The summed E-state index contributed by atoms with van der Waals surface area (Å²) < 4.78 is 0. The second-order valence-electron chi connectivity index (χ2n) is 6.18. The normalized spacial score (nSPS) is 12.5. The van der Waals surface area contributed by atoms with Gasteiger partial charge in [-0.2, -0.15) is 0 Å². The van der Waals surface area contributed by atoms with Crippen LogP contribution in [0.2, 0.25) is 0 Å². The smallest absolute Gasteiger partial charge is 0.303 e. The van der Waals surface area contributed by atoms with Crippen LogP contribution in [0, 0.1) is 0 Å². The number of carboxylic acids is 1. The van der Waals surface area contributed by atoms with E-state index in [4.69, 9.17) is 5.11 Å². The van der Waals surface area contributed by atoms with Gasteiger partial charge in [0, 0.05) is 29.2 Å². The number of para-hydroxylation sites is 1. The molecule has 0 fully saturated rings. The minimum atomic E-state index is -1.00. The molecule has 3 rings (SSSR count). The predicted molar refractivity (Wildman–Crippen MR) is 105 cm³/mol. The zero-order valence-corrected chi connectivity index (χ0v) is 15.5. The van der Waals surface area contributed by atoms with Crippen molar-refractivity contribution in [3.8, 4) is 0 Å². The first kappa shape index (κ1) is 19.0. The van der Waals surface area contributed by atoms with E-state index in [1.165, 1.54) is 17.3 Å². The van der Waals surface area contributed by atoms with Crippen molar-refractivity contribution >= 4 is 40.9 Å². The van der Waals surface area contributed by atoms with Gasteiger partial charge in [0.05, 0.1) is 12.2 Å². The highest BCUT2D eigenvalue weighted by atomic mass is 32.2. The largest absolute Gasteiger partial charge is 0.481 e. The molecule has 27 heavy (non-hydrogen) atoms. The van der Waals surface area contributed by atoms with E-state index in [2.05, 4.69) is 5.32 Å². The molecule has 2 N–H and O–H groups in total. The lowest BCUT2D eigenvalue weighted by Crippen LogP contribution is -2.30. The van der Waals surface area contributed by atoms with Crippen LogP contribution in [0.5, 0.6) is 0 Å². The quantitative estimate of drug-likeness (QED) is 0.716. The molecule has 6 nitrogen and oxygen atoms in total. The summed E-state index contributed by atoms with van der Waals surface area (Å²) in [6.45, 7) is 0.707. The Morgan fingerprint density at radius 2 is 1.89 bits per heavy atom. The van der Waals surface area contributed by atoms with E-state index in [1.54, 1.807) is 18.2 Å². The molecule has 0 unspecified atom stereocenters. The van der Waals surface area contributed by atoms with Crippen LogP contribution >= 0.6 is 11.8 Å². The molecule has 7 heteroatoms. The fourth-order valence-corrected chi connectivity index (χ4v) is 3.76. The van der Waals surface area contributed by atoms with Crippen LogP contribution in [0.25, 0.3) is 0 Å². The Morgan fingerprint density at radius 3 is 2.70 bits per heavy atom. The van der Waals surface area contributed by atoms with Crippen molar-refractivity contribution in [1.29, 1.82) is 0 Å². The lowest BCUT2D eigenvalue weighted by Gasteiger charge is -2.17. The molecule has 0 aromatic heterocycles. The molecular formula is C20H20N2O4S. The number of carbonyl (C=O) groups is 3. The molecule has 0 aliphatic carbocycles. The Bertz CT molecular complexity index is 869. The molecule has 1 heterocycles. The van der Waals surface area contributed by atoms with Gasteiger partial charge in [-0.05, 0) is 36.2 Å². The Kier molecular flexibility index (Phi) is 6.13. The first-order chi connectivity index (χ1) is 13.0. The second-order valence-corrected chi connectivity index (χ2v) is 7.23. The lowest BCUT2D eigenvalue weighted by atomic mass is 10.2. The minimum Gasteiger partial charge on any atom is -0.481 e. The van der Waals surface area contributed by atoms with E-state index < -0.39 is 5.97 Å². The Hall–Kier alpha value is -2.80. The van der Waals surface area contributed by atoms with Crippen molar-refractivity contribution < 1.29 is 19.5 Å². The third kappa shape index (κ3) is 5.10. The molecule has 0 saturated carbocycles. The number of anilines is 2. The number of nitrogens with zero attached hydrogens (tertiary/aromatic N) is 1. The van der Waals surface area contributed by atoms with Gasteiger partial charge < -0.3 is 15.3 Å². The van der Waals surface area contributed by atoms with Gasteiger partial charge in [0.2, 0.25) is 11.8 Å². The molecule has 2 aromatic carbocycles. The molecule has 0 radical (unpaired) electrons. The van der Waals surface area contributed by atoms with Gasteiger partial charge in [-0.3, -0.25) is 14.4 Å². The van der Waals surface area contributed by atoms with Crippen molar-refractivity contribution in [1.82, 2.24) is 0 Å². The molecule has 0 saturated heterocycles. The molecule has 140 valence electrons. The second kappa shape index (κ2) is 8.73. The summed E-state index contributed by atoms with van der Waals surface area (Å²) in [4.78, 5) is 37.5. The first-order valence-electron chi connectivity index (χ1n) is 8.66. The van der Waals surface area contributed by atoms with Crippen molar-refractivity contribution in [3.63, 3.8) is 0 Å². The number of carboxylic acid groups (broad SMARTS) is 1. The van der Waals surface area contributed by atoms with Gasteiger partial charge in [-0.25, -0.2) is 0 Å². The molecule has 0 atom stereocenters. The van der Waals surface area contributed by atoms with E-state index in [-0.39, 0.29) is 24.7 Å². The lowest BCUT2D eigenvalue weighted by molar-refractivity contribution is -0.138. The molecule has 2 amide bonds. The summed E-state index contributed by atoms with van der Waals surface area (Å²) in [6.07, 6.45) is 0.607. The number of nitrogens with one attached hydrogen (secondary N) is 1. The topological polar surface area (TPSA) is 86.7 Å². The molecule has 2 aromatic rings. The molecule has 1 aliphatic heterocycles. The van der Waals surface area contributed by atoms with Crippen LogP contribution in [0.4, 0.5) is 11.4 Å². The van der Waals surface area contributed by atoms with Crippen molar-refractivity contribution in [2.45, 2.75) is 24.2 Å². The van der Waals surface area contributed by atoms with Gasteiger partial charge in [-0.1, -0.05) is 24.3 Å². The number of fused-ring (bicyclic) bond motifs is 1. The third-order valence-electron chi connectivity index (χ3n) is 4.23. The Balaban J connectivity index is 1.55. The fraction of sp³-hybridized carbons (Fsp3) is 0.250. The van der Waals surface area contributed by atoms with Gasteiger partial charge in [0.25, 0.3) is 0 Å². The SMILES string of the molecule is O=C(O)CCC(=O)Nc1cccc(SCC(=O)N2CCc3ccccc32)c1. The van der Waals surface area contributed by atoms with Crippen LogP contribution in [0.15, 0.2) is 53.4 Å². The number of amides is 2. The fourth-order valence-electron chi connectivity index (χ4n) is 2.93. The highest BCUT2D eigenvalue weighted by Gasteiger charge is 2.23. The van der Waals surface area contributed by atoms with Crippen LogP contribution in [0.1, 0.15) is 18.4 Å². The average molecular weight is 384 g/mol. The van der Waals surface area contributed by atoms with Crippen molar-refractivity contribution in [2.75, 3.05) is 22.5 Å². The van der Waals surface area contributed by atoms with Gasteiger partial charge in [0.1, 0.15) is 0 Å². The van der Waals surface area contributed by atoms with Crippen molar-refractivity contribution in [2.24, 2.45) is 0 Å². The Labute approximate surface area is 161 Å². The van der Waals surface area contributed by atoms with Gasteiger partial charge >= 0.3 is 5.97 Å². The van der Waals surface area contributed by atoms with Crippen LogP contribution in [-0.2, 0) is 20.8 Å². The maximum absolute atomic E-state index is 12.6. The molecule has 1 aliphatic rings. The summed E-state index contributed by atoms with van der Waals surface area (Å²) in [5.74, 6) is -0.980. The Morgan fingerprint density at radius 1 is 1.07 bits per heavy atom. The van der Waals surface area contributed by atoms with E-state index in [0.717, 1.165) is 17.0 Å². The van der Waals surface area contributed by atoms with Gasteiger partial charge in [0.15, 0.2) is 0 Å². The number of thioether (sulfide) groups is 1. The number of hydrogen-bond acceptors (Lipinski definition) is 4. The van der Waals surface area contributed by atoms with Crippen LogP contribution in [-0.4, -0.2) is 35.2 Å². The average Bonchev–Trinajstić information content (AvgIpc) is 3.09. The van der Waals surface area contributed by atoms with Gasteiger partial charge in [-0.15, -0.1) is 11.8 Å². The number of aliphatic carboxylic acids is 1. The first-order valence-corrected chi connectivity index (χ1v) is 9.64. The van der Waals surface area contributed by atoms with E-state index in [1.807, 2.05) is 35.2 Å². The van der Waals surface area contributed by atoms with E-state index in [9.17, 15) is 14.4 Å². The summed E-state index contributed by atoms with van der Waals surface area (Å²) in [6, 6.07) is 15.1. The highest BCUT2D eigenvalue weighted by Crippen LogP contribution is 2.29. The van der Waals surface area contributed by atoms with E-state index >= 15 is 0 Å². The minimum absolute atomic E-state index is 0.0563. The summed E-state index contributed by atoms with van der Waals surface area (Å²) in [5, 5.41) is 11.3. The monoisotopic (exact) mass is 384 g/mol. The van der Waals surface area contributed by atoms with E-state index in [0.29, 0.717) is 18.0 Å². The summed E-state index contributed by atoms with van der Waals surface area (Å²) >= 11 is 1.41. The number of rotatable bonds is 7. The zero-order valence-electron chi connectivity index (χ0n) is 14.7. The molecule has 0 spiro atoms. The van der Waals surface area contributed by atoms with Crippen molar-refractivity contribution in [3.05, 3.63) is 54.1 Å². The van der Waals surface area contributed by atoms with Crippen LogP contribution < -0.4 is 10.2 Å². The number of carbonyl (C=O) groups excluding carboxylic acids is 2. The maximum Gasteiger partial charge on any atom is 0.303 e. The zero-order chi connectivity index (χ0) is 19.2. The predicted octanol–water partition coefficient (Wildman–Crippen LogP) is 3.17. The number of hydrogen-bond donors (Lipinski definition) is 2. The molecule has 0 bridgehead atoms. The third-order valence-corrected chi connectivity index (χ3v) is 5.21. The highest BCUT2D eigenvalue weighted by molar-refractivity contribution is 8.00. The molecular weight excluding hydrogens is 364 g/mol. The van der Waals surface area contributed by atoms with Crippen LogP contribution in [0.3, 0.4) is 0 Å². The standard InChI is InChI=1S/C20H20N2O4S/c23-18(8-9-20(25)26)21-15-5-3-6-16(12-15)27-13-19(24)22-11-10-14-4-1-2-7-17(14)22/h1-7,12H,8-11,13H2,(H,21,23)(H,25,26). The number of benzene rings is 2. The maximum atomic E-state index is 12.6. The summed E-state index contributed by atoms with van der Waals surface area (Å²) in [7, 11) is 0.